The molecule has 0 spiro atoms. The van der Waals surface area contributed by atoms with Crippen molar-refractivity contribution in [2.75, 3.05) is 5.43 Å². The molecular weight excluding hydrogens is 241 g/mol. The van der Waals surface area contributed by atoms with Crippen LogP contribution in [0, 0.1) is 5.82 Å². The van der Waals surface area contributed by atoms with E-state index in [-0.39, 0.29) is 6.54 Å². The third-order valence-electron chi connectivity index (χ3n) is 2.29. The van der Waals surface area contributed by atoms with Gasteiger partial charge >= 0.3 is 5.69 Å². The van der Waals surface area contributed by atoms with Gasteiger partial charge < -0.3 is 5.43 Å². The Hall–Kier alpha value is -2.48. The summed E-state index contributed by atoms with van der Waals surface area (Å²) in [5.41, 5.74) is 1.32. The summed E-state index contributed by atoms with van der Waals surface area (Å²) in [7, 11) is 0. The molecule has 94 valence electrons. The summed E-state index contributed by atoms with van der Waals surface area (Å²) in [6.45, 7) is 0.102. The van der Waals surface area contributed by atoms with Crippen LogP contribution in [-0.2, 0) is 6.54 Å². The Bertz CT molecular complexity index is 661. The number of nitrogens with zero attached hydrogens (tertiary/aromatic N) is 2. The molecule has 2 rings (SSSR count). The van der Waals surface area contributed by atoms with Crippen molar-refractivity contribution < 1.29 is 4.39 Å². The number of nitrogens with two attached hydrogens (primary N) is 1. The highest BCUT2D eigenvalue weighted by Crippen LogP contribution is 2.04. The van der Waals surface area contributed by atoms with E-state index in [1.807, 2.05) is 4.98 Å². The number of hydrogen-bond donors (Lipinski definition) is 3. The fourth-order valence-corrected chi connectivity index (χ4v) is 1.40. The van der Waals surface area contributed by atoms with Gasteiger partial charge in [0.1, 0.15) is 5.82 Å². The number of nitrogens with one attached hydrogen (secondary N) is 2. The molecule has 0 saturated carbocycles. The highest BCUT2D eigenvalue weighted by atomic mass is 19.1. The predicted molar refractivity (Wildman–Crippen MR) is 62.4 cm³/mol. The lowest BCUT2D eigenvalue weighted by atomic mass is 10.3. The molecule has 18 heavy (non-hydrogen) atoms. The molecule has 0 aliphatic carbocycles. The van der Waals surface area contributed by atoms with E-state index >= 15 is 0 Å². The van der Waals surface area contributed by atoms with Crippen molar-refractivity contribution in [3.63, 3.8) is 0 Å². The number of rotatable bonds is 3. The van der Waals surface area contributed by atoms with Gasteiger partial charge in [-0.2, -0.15) is 4.39 Å². The monoisotopic (exact) mass is 251 g/mol. The zero-order chi connectivity index (χ0) is 13.1. The molecule has 2 aromatic heterocycles. The van der Waals surface area contributed by atoms with Crippen molar-refractivity contribution in [2.24, 2.45) is 5.84 Å². The van der Waals surface area contributed by atoms with E-state index in [9.17, 15) is 14.0 Å². The van der Waals surface area contributed by atoms with Gasteiger partial charge in [-0.25, -0.2) is 15.6 Å². The lowest BCUT2D eigenvalue weighted by Gasteiger charge is -2.05. The van der Waals surface area contributed by atoms with Gasteiger partial charge in [0.25, 0.3) is 5.56 Å². The number of halogens is 1. The number of aromatic amines is 1. The standard InChI is InChI=1S/C10H10FN5O2/c11-7-5-16(10(18)14-9(7)17)4-6-1-2-8(15-12)13-3-6/h1-3,5H,4,12H2,(H,13,15)(H,14,17,18). The number of pyridine rings is 1. The van der Waals surface area contributed by atoms with E-state index in [1.54, 1.807) is 12.1 Å². The van der Waals surface area contributed by atoms with Gasteiger partial charge in [0.05, 0.1) is 12.7 Å². The molecular formula is C10H10FN5O2. The average molecular weight is 251 g/mol. The first-order chi connectivity index (χ1) is 8.60. The van der Waals surface area contributed by atoms with E-state index < -0.39 is 17.1 Å². The van der Waals surface area contributed by atoms with Crippen molar-refractivity contribution in [2.45, 2.75) is 6.54 Å². The predicted octanol–water partition coefficient (Wildman–Crippen LogP) is -0.595. The Balaban J connectivity index is 2.31. The van der Waals surface area contributed by atoms with Crippen molar-refractivity contribution in [1.82, 2.24) is 14.5 Å². The van der Waals surface area contributed by atoms with Crippen LogP contribution in [0.3, 0.4) is 0 Å². The number of H-pyrrole nitrogens is 1. The van der Waals surface area contributed by atoms with Gasteiger partial charge in [-0.05, 0) is 11.6 Å². The minimum Gasteiger partial charge on any atom is -0.308 e. The molecule has 0 saturated heterocycles. The number of aromatic nitrogens is 3. The Morgan fingerprint density at radius 3 is 2.83 bits per heavy atom. The van der Waals surface area contributed by atoms with Crippen LogP contribution in [0.5, 0.6) is 0 Å². The molecule has 0 aliphatic heterocycles. The molecule has 0 bridgehead atoms. The van der Waals surface area contributed by atoms with Gasteiger partial charge in [-0.3, -0.25) is 14.3 Å². The fraction of sp³-hybridized carbons (Fsp3) is 0.100. The van der Waals surface area contributed by atoms with Crippen LogP contribution in [0.2, 0.25) is 0 Å². The number of hydrogen-bond acceptors (Lipinski definition) is 5. The van der Waals surface area contributed by atoms with Crippen LogP contribution in [0.25, 0.3) is 0 Å². The van der Waals surface area contributed by atoms with E-state index in [4.69, 9.17) is 5.84 Å². The lowest BCUT2D eigenvalue weighted by Crippen LogP contribution is -2.31. The summed E-state index contributed by atoms with van der Waals surface area (Å²) >= 11 is 0. The van der Waals surface area contributed by atoms with Crippen LogP contribution in [0.1, 0.15) is 5.56 Å². The third-order valence-corrected chi connectivity index (χ3v) is 2.29. The number of hydrazine groups is 1. The van der Waals surface area contributed by atoms with Gasteiger partial charge in [-0.1, -0.05) is 6.07 Å². The molecule has 0 aliphatic rings. The summed E-state index contributed by atoms with van der Waals surface area (Å²) in [6.07, 6.45) is 2.35. The maximum absolute atomic E-state index is 13.0. The van der Waals surface area contributed by atoms with E-state index in [1.165, 1.54) is 6.20 Å². The maximum Gasteiger partial charge on any atom is 0.328 e. The third kappa shape index (κ3) is 2.43. The van der Waals surface area contributed by atoms with E-state index in [0.717, 1.165) is 10.8 Å². The molecule has 0 radical (unpaired) electrons. The van der Waals surface area contributed by atoms with Crippen LogP contribution >= 0.6 is 0 Å². The molecule has 2 heterocycles. The smallest absolute Gasteiger partial charge is 0.308 e. The SMILES string of the molecule is NNc1ccc(Cn2cc(F)c(=O)[nH]c2=O)cn1. The van der Waals surface area contributed by atoms with Gasteiger partial charge in [-0.15, -0.1) is 0 Å². The van der Waals surface area contributed by atoms with Crippen LogP contribution in [-0.4, -0.2) is 14.5 Å². The maximum atomic E-state index is 13.0. The van der Waals surface area contributed by atoms with Gasteiger partial charge in [0, 0.05) is 6.20 Å². The molecule has 7 nitrogen and oxygen atoms in total. The quantitative estimate of drug-likeness (QED) is 0.499. The summed E-state index contributed by atoms with van der Waals surface area (Å²) in [4.78, 5) is 28.1. The Labute approximate surface area is 100 Å². The molecule has 0 amide bonds. The van der Waals surface area contributed by atoms with Gasteiger partial charge in [0.15, 0.2) is 0 Å². The second kappa shape index (κ2) is 4.80. The van der Waals surface area contributed by atoms with Crippen molar-refractivity contribution >= 4 is 5.82 Å². The molecule has 0 atom stereocenters. The number of anilines is 1. The first-order valence-corrected chi connectivity index (χ1v) is 5.01. The molecule has 8 heteroatoms. The highest BCUT2D eigenvalue weighted by molar-refractivity contribution is 5.33. The Morgan fingerprint density at radius 1 is 1.44 bits per heavy atom. The van der Waals surface area contributed by atoms with Crippen LogP contribution < -0.4 is 22.5 Å². The van der Waals surface area contributed by atoms with Crippen LogP contribution in [0.4, 0.5) is 10.2 Å². The fourth-order valence-electron chi connectivity index (χ4n) is 1.40. The molecule has 0 fully saturated rings. The van der Waals surface area contributed by atoms with Crippen molar-refractivity contribution in [3.05, 3.63) is 56.7 Å². The lowest BCUT2D eigenvalue weighted by molar-refractivity contribution is 0.566. The zero-order valence-electron chi connectivity index (χ0n) is 9.18. The van der Waals surface area contributed by atoms with Crippen LogP contribution in [0.15, 0.2) is 34.1 Å². The Kier molecular flexibility index (Phi) is 3.20. The normalized spacial score (nSPS) is 10.3. The number of nitrogen functional groups attached to an aromatic ring is 1. The average Bonchev–Trinajstić information content (AvgIpc) is 2.37. The summed E-state index contributed by atoms with van der Waals surface area (Å²) in [6, 6.07) is 3.29. The van der Waals surface area contributed by atoms with E-state index in [2.05, 4.69) is 10.4 Å². The Morgan fingerprint density at radius 2 is 2.22 bits per heavy atom. The molecule has 0 aromatic carbocycles. The minimum absolute atomic E-state index is 0.102. The first-order valence-electron chi connectivity index (χ1n) is 5.01. The summed E-state index contributed by atoms with van der Waals surface area (Å²) < 4.78 is 14.1. The largest absolute Gasteiger partial charge is 0.328 e. The topological polar surface area (TPSA) is 106 Å². The van der Waals surface area contributed by atoms with Gasteiger partial charge in [0.2, 0.25) is 5.82 Å². The zero-order valence-corrected chi connectivity index (χ0v) is 9.18. The first kappa shape index (κ1) is 12.0. The molecule has 0 unspecified atom stereocenters. The minimum atomic E-state index is -1.03. The van der Waals surface area contributed by atoms with Crippen molar-refractivity contribution in [3.8, 4) is 0 Å². The molecule has 4 N–H and O–H groups in total. The van der Waals surface area contributed by atoms with E-state index in [0.29, 0.717) is 11.4 Å². The second-order valence-corrected chi connectivity index (χ2v) is 3.56. The second-order valence-electron chi connectivity index (χ2n) is 3.56. The molecule has 2 aromatic rings. The van der Waals surface area contributed by atoms with Crippen molar-refractivity contribution in [1.29, 1.82) is 0 Å². The highest BCUT2D eigenvalue weighted by Gasteiger charge is 2.04. The summed E-state index contributed by atoms with van der Waals surface area (Å²) in [5.74, 6) is 4.62. The summed E-state index contributed by atoms with van der Waals surface area (Å²) in [5, 5.41) is 0.